The minimum absolute atomic E-state index is 0.00138. The lowest BCUT2D eigenvalue weighted by atomic mass is 10.2. The van der Waals surface area contributed by atoms with Crippen LogP contribution in [0.1, 0.15) is 5.56 Å². The minimum Gasteiger partial charge on any atom is -0.497 e. The van der Waals surface area contributed by atoms with E-state index in [1.165, 1.54) is 6.07 Å². The highest BCUT2D eigenvalue weighted by Gasteiger charge is 2.17. The molecule has 0 fully saturated rings. The summed E-state index contributed by atoms with van der Waals surface area (Å²) >= 11 is 5.82. The zero-order chi connectivity index (χ0) is 15.4. The number of benzene rings is 2. The number of halogens is 1. The number of methoxy groups -OCH3 is 1. The fraction of sp³-hybridized carbons (Fsp3) is 0.200. The quantitative estimate of drug-likeness (QED) is 0.621. The van der Waals surface area contributed by atoms with Crippen LogP contribution in [-0.2, 0) is 6.54 Å². The molecule has 0 N–H and O–H groups in total. The third-order valence-corrected chi connectivity index (χ3v) is 3.36. The second-order valence-corrected chi connectivity index (χ2v) is 5.03. The maximum atomic E-state index is 11.1. The molecule has 0 unspecified atom stereocenters. The summed E-state index contributed by atoms with van der Waals surface area (Å²) in [5.74, 6) is 0.777. The minimum atomic E-state index is -0.425. The molecule has 0 bridgehead atoms. The molecule has 0 atom stereocenters. The molecule has 110 valence electrons. The van der Waals surface area contributed by atoms with Crippen LogP contribution in [-0.4, -0.2) is 19.1 Å². The Labute approximate surface area is 127 Å². The Balaban J connectivity index is 2.23. The Hall–Kier alpha value is -2.27. The van der Waals surface area contributed by atoms with Gasteiger partial charge in [0.2, 0.25) is 0 Å². The summed E-state index contributed by atoms with van der Waals surface area (Å²) < 4.78 is 5.10. The van der Waals surface area contributed by atoms with Crippen molar-refractivity contribution in [1.82, 2.24) is 0 Å². The van der Waals surface area contributed by atoms with E-state index in [-0.39, 0.29) is 5.69 Å². The third kappa shape index (κ3) is 3.64. The summed E-state index contributed by atoms with van der Waals surface area (Å²) in [6, 6.07) is 12.2. The van der Waals surface area contributed by atoms with Crippen LogP contribution >= 0.6 is 11.6 Å². The summed E-state index contributed by atoms with van der Waals surface area (Å²) in [5, 5.41) is 11.5. The highest BCUT2D eigenvalue weighted by molar-refractivity contribution is 6.30. The van der Waals surface area contributed by atoms with Gasteiger partial charge in [0.15, 0.2) is 0 Å². The molecule has 0 radical (unpaired) electrons. The van der Waals surface area contributed by atoms with Gasteiger partial charge in [-0.1, -0.05) is 23.7 Å². The SMILES string of the molecule is COc1ccc(CN(C)c2ccc(Cl)cc2[N+](=O)[O-])cc1. The maximum absolute atomic E-state index is 11.1. The first kappa shape index (κ1) is 15.1. The van der Waals surface area contributed by atoms with Crippen LogP contribution in [0, 0.1) is 10.1 Å². The predicted octanol–water partition coefficient (Wildman–Crippen LogP) is 3.89. The lowest BCUT2D eigenvalue weighted by Crippen LogP contribution is -2.17. The van der Waals surface area contributed by atoms with Crippen molar-refractivity contribution in [1.29, 1.82) is 0 Å². The Morgan fingerprint density at radius 2 is 1.90 bits per heavy atom. The highest BCUT2D eigenvalue weighted by atomic mass is 35.5. The van der Waals surface area contributed by atoms with Gasteiger partial charge < -0.3 is 9.64 Å². The van der Waals surface area contributed by atoms with Crippen molar-refractivity contribution < 1.29 is 9.66 Å². The average Bonchev–Trinajstić information content (AvgIpc) is 2.47. The second-order valence-electron chi connectivity index (χ2n) is 4.59. The van der Waals surface area contributed by atoms with Gasteiger partial charge in [0.1, 0.15) is 11.4 Å². The summed E-state index contributed by atoms with van der Waals surface area (Å²) in [7, 11) is 3.42. The van der Waals surface area contributed by atoms with Crippen LogP contribution in [0.15, 0.2) is 42.5 Å². The number of hydrogen-bond donors (Lipinski definition) is 0. The van der Waals surface area contributed by atoms with Gasteiger partial charge in [0.05, 0.1) is 12.0 Å². The maximum Gasteiger partial charge on any atom is 0.294 e. The Morgan fingerprint density at radius 1 is 1.24 bits per heavy atom. The molecule has 6 heteroatoms. The molecular weight excluding hydrogens is 292 g/mol. The lowest BCUT2D eigenvalue weighted by molar-refractivity contribution is -0.384. The molecule has 0 heterocycles. The van der Waals surface area contributed by atoms with E-state index >= 15 is 0 Å². The standard InChI is InChI=1S/C15H15ClN2O3/c1-17(10-11-3-6-13(21-2)7-4-11)14-8-5-12(16)9-15(14)18(19)20/h3-9H,10H2,1-2H3. The Morgan fingerprint density at radius 3 is 2.48 bits per heavy atom. The van der Waals surface area contributed by atoms with Crippen LogP contribution < -0.4 is 9.64 Å². The molecule has 0 aromatic heterocycles. The van der Waals surface area contributed by atoms with Crippen LogP contribution in [0.25, 0.3) is 0 Å². The molecular formula is C15H15ClN2O3. The van der Waals surface area contributed by atoms with E-state index in [0.717, 1.165) is 11.3 Å². The van der Waals surface area contributed by atoms with Gasteiger partial charge in [-0.2, -0.15) is 0 Å². The van der Waals surface area contributed by atoms with E-state index in [2.05, 4.69) is 0 Å². The molecule has 0 amide bonds. The van der Waals surface area contributed by atoms with E-state index in [1.54, 1.807) is 26.3 Å². The Bertz CT molecular complexity index is 644. The molecule has 0 aliphatic heterocycles. The van der Waals surface area contributed by atoms with Crippen molar-refractivity contribution in [3.63, 3.8) is 0 Å². The average molecular weight is 307 g/mol. The molecule has 2 rings (SSSR count). The van der Waals surface area contributed by atoms with Gasteiger partial charge in [-0.15, -0.1) is 0 Å². The van der Waals surface area contributed by atoms with Crippen molar-refractivity contribution in [2.75, 3.05) is 19.1 Å². The molecule has 2 aromatic rings. The highest BCUT2D eigenvalue weighted by Crippen LogP contribution is 2.31. The first-order valence-electron chi connectivity index (χ1n) is 6.29. The first-order chi connectivity index (χ1) is 10.0. The van der Waals surface area contributed by atoms with E-state index in [1.807, 2.05) is 29.2 Å². The van der Waals surface area contributed by atoms with Crippen molar-refractivity contribution in [2.24, 2.45) is 0 Å². The van der Waals surface area contributed by atoms with Gasteiger partial charge in [0, 0.05) is 24.7 Å². The second kappa shape index (κ2) is 6.45. The predicted molar refractivity (Wildman–Crippen MR) is 83.2 cm³/mol. The molecule has 21 heavy (non-hydrogen) atoms. The van der Waals surface area contributed by atoms with Gasteiger partial charge in [0.25, 0.3) is 5.69 Å². The van der Waals surface area contributed by atoms with E-state index in [0.29, 0.717) is 17.3 Å². The molecule has 0 saturated carbocycles. The summed E-state index contributed by atoms with van der Waals surface area (Å²) in [5.41, 5.74) is 1.56. The van der Waals surface area contributed by atoms with Crippen molar-refractivity contribution in [3.8, 4) is 5.75 Å². The van der Waals surface area contributed by atoms with Crippen molar-refractivity contribution in [2.45, 2.75) is 6.54 Å². The molecule has 0 aliphatic carbocycles. The largest absolute Gasteiger partial charge is 0.497 e. The molecule has 5 nitrogen and oxygen atoms in total. The zero-order valence-corrected chi connectivity index (χ0v) is 12.5. The zero-order valence-electron chi connectivity index (χ0n) is 11.7. The fourth-order valence-electron chi connectivity index (χ4n) is 2.06. The third-order valence-electron chi connectivity index (χ3n) is 3.12. The number of nitrogens with zero attached hydrogens (tertiary/aromatic N) is 2. The number of nitro groups is 1. The van der Waals surface area contributed by atoms with Crippen LogP contribution in [0.3, 0.4) is 0 Å². The van der Waals surface area contributed by atoms with E-state index < -0.39 is 4.92 Å². The monoisotopic (exact) mass is 306 g/mol. The van der Waals surface area contributed by atoms with Gasteiger partial charge in [-0.25, -0.2) is 0 Å². The van der Waals surface area contributed by atoms with Crippen molar-refractivity contribution >= 4 is 23.0 Å². The normalized spacial score (nSPS) is 10.2. The topological polar surface area (TPSA) is 55.6 Å². The molecule has 0 aliphatic rings. The summed E-state index contributed by atoms with van der Waals surface area (Å²) in [4.78, 5) is 12.5. The molecule has 0 saturated heterocycles. The van der Waals surface area contributed by atoms with Crippen LogP contribution in [0.5, 0.6) is 5.75 Å². The summed E-state index contributed by atoms with van der Waals surface area (Å²) in [6.07, 6.45) is 0. The van der Waals surface area contributed by atoms with E-state index in [9.17, 15) is 10.1 Å². The number of nitro benzene ring substituents is 1. The van der Waals surface area contributed by atoms with Gasteiger partial charge in [-0.3, -0.25) is 10.1 Å². The number of hydrogen-bond acceptors (Lipinski definition) is 4. The molecule has 2 aromatic carbocycles. The number of rotatable bonds is 5. The van der Waals surface area contributed by atoms with Crippen molar-refractivity contribution in [3.05, 3.63) is 63.2 Å². The first-order valence-corrected chi connectivity index (χ1v) is 6.67. The van der Waals surface area contributed by atoms with Gasteiger partial charge in [-0.05, 0) is 29.8 Å². The number of anilines is 1. The fourth-order valence-corrected chi connectivity index (χ4v) is 2.22. The smallest absolute Gasteiger partial charge is 0.294 e. The van der Waals surface area contributed by atoms with E-state index in [4.69, 9.17) is 16.3 Å². The Kier molecular flexibility index (Phi) is 4.65. The van der Waals surface area contributed by atoms with Gasteiger partial charge >= 0.3 is 0 Å². The van der Waals surface area contributed by atoms with Crippen LogP contribution in [0.4, 0.5) is 11.4 Å². The number of ether oxygens (including phenoxy) is 1. The summed E-state index contributed by atoms with van der Waals surface area (Å²) in [6.45, 7) is 0.548. The lowest BCUT2D eigenvalue weighted by Gasteiger charge is -2.19. The van der Waals surface area contributed by atoms with Crippen LogP contribution in [0.2, 0.25) is 5.02 Å². The molecule has 0 spiro atoms.